The Hall–Kier alpha value is -3.29. The summed E-state index contributed by atoms with van der Waals surface area (Å²) in [5, 5.41) is 9.85. The molecule has 2 aromatic heterocycles. The SMILES string of the molecule is CN(CCCn1c(=N)n(CC(=O)c2ccc(Cl)cc2)c2cccc(Cl)c21)C(=O)c1cccn1C. The average Bonchev–Trinajstić information content (AvgIpc) is 3.36. The minimum Gasteiger partial charge on any atom is -0.347 e. The number of carbonyl (C=O) groups excluding carboxylic acids is 2. The van der Waals surface area contributed by atoms with Gasteiger partial charge in [0.05, 0.1) is 22.6 Å². The van der Waals surface area contributed by atoms with Gasteiger partial charge in [-0.2, -0.15) is 0 Å². The number of nitrogens with zero attached hydrogens (tertiary/aromatic N) is 4. The number of halogens is 2. The van der Waals surface area contributed by atoms with Crippen molar-refractivity contribution in [2.24, 2.45) is 7.05 Å². The molecule has 0 aliphatic carbocycles. The number of amides is 1. The summed E-state index contributed by atoms with van der Waals surface area (Å²) >= 11 is 12.4. The topological polar surface area (TPSA) is 76.0 Å². The number of rotatable bonds is 8. The van der Waals surface area contributed by atoms with Gasteiger partial charge in [0.25, 0.3) is 5.91 Å². The van der Waals surface area contributed by atoms with Gasteiger partial charge in [-0.3, -0.25) is 15.0 Å². The van der Waals surface area contributed by atoms with Gasteiger partial charge >= 0.3 is 0 Å². The fraction of sp³-hybridized carbons (Fsp3) is 0.240. The predicted octanol–water partition coefficient (Wildman–Crippen LogP) is 4.61. The second kappa shape index (κ2) is 9.91. The van der Waals surface area contributed by atoms with Crippen molar-refractivity contribution in [3.05, 3.63) is 87.7 Å². The van der Waals surface area contributed by atoms with Gasteiger partial charge in [0, 0.05) is 44.0 Å². The molecule has 9 heteroatoms. The summed E-state index contributed by atoms with van der Waals surface area (Å²) in [4.78, 5) is 27.2. The number of hydrogen-bond donors (Lipinski definition) is 1. The minimum absolute atomic E-state index is 0.0101. The van der Waals surface area contributed by atoms with Gasteiger partial charge in [0.2, 0.25) is 5.62 Å². The lowest BCUT2D eigenvalue weighted by Gasteiger charge is -2.17. The number of ketones is 1. The van der Waals surface area contributed by atoms with E-state index < -0.39 is 0 Å². The molecule has 0 spiro atoms. The molecule has 2 aromatic carbocycles. The van der Waals surface area contributed by atoms with Crippen molar-refractivity contribution in [3.8, 4) is 0 Å². The third-order valence-corrected chi connectivity index (χ3v) is 6.45. The quantitative estimate of drug-likeness (QED) is 0.360. The lowest BCUT2D eigenvalue weighted by molar-refractivity contribution is 0.0782. The average molecular weight is 498 g/mol. The number of carbonyl (C=O) groups is 2. The first-order chi connectivity index (χ1) is 16.3. The lowest BCUT2D eigenvalue weighted by atomic mass is 10.1. The van der Waals surface area contributed by atoms with E-state index in [1.54, 1.807) is 62.0 Å². The Morgan fingerprint density at radius 2 is 1.74 bits per heavy atom. The van der Waals surface area contributed by atoms with Crippen LogP contribution in [0.25, 0.3) is 11.0 Å². The van der Waals surface area contributed by atoms with Gasteiger partial charge in [0.15, 0.2) is 5.78 Å². The summed E-state index contributed by atoms with van der Waals surface area (Å²) in [7, 11) is 3.61. The van der Waals surface area contributed by atoms with E-state index in [9.17, 15) is 9.59 Å². The van der Waals surface area contributed by atoms with E-state index in [2.05, 4.69) is 0 Å². The smallest absolute Gasteiger partial charge is 0.270 e. The molecule has 4 aromatic rings. The highest BCUT2D eigenvalue weighted by Gasteiger charge is 2.18. The van der Waals surface area contributed by atoms with Crippen LogP contribution in [0.2, 0.25) is 10.0 Å². The normalized spacial score (nSPS) is 11.2. The molecule has 0 atom stereocenters. The highest BCUT2D eigenvalue weighted by molar-refractivity contribution is 6.35. The second-order valence-corrected chi connectivity index (χ2v) is 9.03. The number of benzene rings is 2. The number of para-hydroxylation sites is 1. The Labute approximate surface area is 207 Å². The second-order valence-electron chi connectivity index (χ2n) is 8.18. The maximum atomic E-state index is 12.9. The fourth-order valence-corrected chi connectivity index (χ4v) is 4.45. The number of fused-ring (bicyclic) bond motifs is 1. The van der Waals surface area contributed by atoms with Gasteiger partial charge < -0.3 is 18.6 Å². The van der Waals surface area contributed by atoms with Gasteiger partial charge in [-0.05, 0) is 55.0 Å². The van der Waals surface area contributed by atoms with Gasteiger partial charge in [0.1, 0.15) is 5.69 Å². The molecule has 1 N–H and O–H groups in total. The van der Waals surface area contributed by atoms with E-state index in [1.165, 1.54) is 0 Å². The van der Waals surface area contributed by atoms with E-state index in [4.69, 9.17) is 28.6 Å². The largest absolute Gasteiger partial charge is 0.347 e. The van der Waals surface area contributed by atoms with Crippen LogP contribution in [0.3, 0.4) is 0 Å². The summed E-state index contributed by atoms with van der Waals surface area (Å²) in [6, 6.07) is 15.8. The highest BCUT2D eigenvalue weighted by atomic mass is 35.5. The Kier molecular flexibility index (Phi) is 6.95. The van der Waals surface area contributed by atoms with Crippen LogP contribution >= 0.6 is 23.2 Å². The summed E-state index contributed by atoms with van der Waals surface area (Å²) in [5.74, 6) is -0.181. The van der Waals surface area contributed by atoms with Gasteiger partial charge in [-0.25, -0.2) is 0 Å². The van der Waals surface area contributed by atoms with E-state index in [-0.39, 0.29) is 23.9 Å². The zero-order chi connectivity index (χ0) is 24.4. The molecule has 0 aliphatic heterocycles. The Morgan fingerprint density at radius 3 is 2.41 bits per heavy atom. The van der Waals surface area contributed by atoms with Gasteiger partial charge in [-0.1, -0.05) is 29.3 Å². The molecule has 0 bridgehead atoms. The molecule has 7 nitrogen and oxygen atoms in total. The summed E-state index contributed by atoms with van der Waals surface area (Å²) in [6.07, 6.45) is 2.46. The van der Waals surface area contributed by atoms with Crippen LogP contribution < -0.4 is 5.62 Å². The van der Waals surface area contributed by atoms with Crippen LogP contribution in [0.1, 0.15) is 27.3 Å². The van der Waals surface area contributed by atoms with Gasteiger partial charge in [-0.15, -0.1) is 0 Å². The molecule has 2 heterocycles. The van der Waals surface area contributed by atoms with Crippen LogP contribution in [0.4, 0.5) is 0 Å². The van der Waals surface area contributed by atoms with E-state index >= 15 is 0 Å². The number of Topliss-reactive ketones (excluding diaryl/α,β-unsaturated/α-hetero) is 1. The molecule has 34 heavy (non-hydrogen) atoms. The van der Waals surface area contributed by atoms with Crippen LogP contribution in [-0.2, 0) is 20.1 Å². The van der Waals surface area contributed by atoms with Crippen molar-refractivity contribution < 1.29 is 9.59 Å². The first-order valence-electron chi connectivity index (χ1n) is 10.9. The molecular formula is C25H25Cl2N5O2. The molecule has 0 unspecified atom stereocenters. The maximum Gasteiger partial charge on any atom is 0.270 e. The zero-order valence-corrected chi connectivity index (χ0v) is 20.5. The van der Waals surface area contributed by atoms with E-state index in [1.807, 2.05) is 31.4 Å². The van der Waals surface area contributed by atoms with Crippen molar-refractivity contribution in [2.45, 2.75) is 19.5 Å². The highest BCUT2D eigenvalue weighted by Crippen LogP contribution is 2.23. The third-order valence-electron chi connectivity index (χ3n) is 5.89. The van der Waals surface area contributed by atoms with Crippen molar-refractivity contribution >= 4 is 45.9 Å². The monoisotopic (exact) mass is 497 g/mol. The van der Waals surface area contributed by atoms with Crippen LogP contribution in [-0.4, -0.2) is 43.9 Å². The molecule has 0 saturated carbocycles. The molecule has 4 rings (SSSR count). The fourth-order valence-electron chi connectivity index (χ4n) is 4.05. The summed E-state index contributed by atoms with van der Waals surface area (Å²) in [6.45, 7) is 0.999. The summed E-state index contributed by atoms with van der Waals surface area (Å²) in [5.41, 5.74) is 2.75. The number of nitrogens with one attached hydrogen (secondary N) is 1. The van der Waals surface area contributed by atoms with Crippen LogP contribution in [0, 0.1) is 5.41 Å². The number of aryl methyl sites for hydroxylation is 2. The molecule has 0 fully saturated rings. The lowest BCUT2D eigenvalue weighted by Crippen LogP contribution is -2.31. The van der Waals surface area contributed by atoms with Crippen LogP contribution in [0.15, 0.2) is 60.8 Å². The Morgan fingerprint density at radius 1 is 1.00 bits per heavy atom. The number of imidazole rings is 1. The van der Waals surface area contributed by atoms with E-state index in [0.29, 0.717) is 51.8 Å². The number of hydrogen-bond acceptors (Lipinski definition) is 3. The molecule has 176 valence electrons. The van der Waals surface area contributed by atoms with Crippen molar-refractivity contribution in [2.75, 3.05) is 13.6 Å². The van der Waals surface area contributed by atoms with Crippen molar-refractivity contribution in [1.29, 1.82) is 5.41 Å². The maximum absolute atomic E-state index is 12.9. The van der Waals surface area contributed by atoms with Crippen molar-refractivity contribution in [3.63, 3.8) is 0 Å². The third kappa shape index (κ3) is 4.67. The Bertz CT molecular complexity index is 1420. The minimum atomic E-state index is -0.123. The first-order valence-corrected chi connectivity index (χ1v) is 11.6. The summed E-state index contributed by atoms with van der Waals surface area (Å²) < 4.78 is 5.26. The van der Waals surface area contributed by atoms with Crippen LogP contribution in [0.5, 0.6) is 0 Å². The Balaban J connectivity index is 1.56. The molecule has 1 amide bonds. The molecule has 0 saturated heterocycles. The van der Waals surface area contributed by atoms with E-state index in [0.717, 1.165) is 0 Å². The van der Waals surface area contributed by atoms with Crippen molar-refractivity contribution in [1.82, 2.24) is 18.6 Å². The molecular weight excluding hydrogens is 473 g/mol. The molecule has 0 radical (unpaired) electrons. The predicted molar refractivity (Wildman–Crippen MR) is 134 cm³/mol. The molecule has 0 aliphatic rings. The standard InChI is InChI=1S/C25H25Cl2N5O2/c1-29-13-4-8-21(29)24(34)30(2)14-5-15-31-23-19(27)6-3-7-20(23)32(25(31)28)16-22(33)17-9-11-18(26)12-10-17/h3-4,6-13,28H,5,14-16H2,1-2H3. The number of aromatic nitrogens is 3. The first kappa shape index (κ1) is 23.9. The zero-order valence-electron chi connectivity index (χ0n) is 19.0.